The first-order chi connectivity index (χ1) is 6.42. The molecule has 0 aliphatic heterocycles. The normalized spacial score (nSPS) is 10.1. The summed E-state index contributed by atoms with van der Waals surface area (Å²) in [5, 5.41) is 0. The predicted octanol–water partition coefficient (Wildman–Crippen LogP) is 1.52. The molecular formula is C10H11N2OY-. The third-order valence-corrected chi connectivity index (χ3v) is 2.04. The molecule has 2 aromatic rings. The predicted molar refractivity (Wildman–Crippen MR) is 50.2 cm³/mol. The Morgan fingerprint density at radius 3 is 3.07 bits per heavy atom. The zero-order chi connectivity index (χ0) is 9.10. The van der Waals surface area contributed by atoms with Crippen molar-refractivity contribution in [2.45, 2.75) is 12.8 Å². The average Bonchev–Trinajstić information content (AvgIpc) is 2.62. The van der Waals surface area contributed by atoms with Gasteiger partial charge in [-0.1, -0.05) is 17.7 Å². The minimum Gasteiger partial charge on any atom is -0.573 e. The van der Waals surface area contributed by atoms with Crippen LogP contribution in [0.1, 0.15) is 12.0 Å². The van der Waals surface area contributed by atoms with Crippen molar-refractivity contribution >= 4 is 11.1 Å². The van der Waals surface area contributed by atoms with Crippen molar-refractivity contribution < 1.29 is 37.1 Å². The van der Waals surface area contributed by atoms with Crippen molar-refractivity contribution in [2.75, 3.05) is 6.54 Å². The molecule has 0 saturated heterocycles. The molecule has 3 nitrogen and oxygen atoms in total. The fourth-order valence-electron chi connectivity index (χ4n) is 1.38. The third kappa shape index (κ3) is 2.41. The van der Waals surface area contributed by atoms with Crippen LogP contribution in [0.5, 0.6) is 0 Å². The van der Waals surface area contributed by atoms with Crippen LogP contribution in [0, 0.1) is 6.39 Å². The molecule has 14 heavy (non-hydrogen) atoms. The Morgan fingerprint density at radius 2 is 2.29 bits per heavy atom. The largest absolute Gasteiger partial charge is 0.573 e. The summed E-state index contributed by atoms with van der Waals surface area (Å²) in [4.78, 5) is 3.96. The van der Waals surface area contributed by atoms with Crippen LogP contribution in [0.3, 0.4) is 0 Å². The van der Waals surface area contributed by atoms with Gasteiger partial charge in [-0.05, 0) is 30.5 Å². The van der Waals surface area contributed by atoms with Gasteiger partial charge in [-0.3, -0.25) is 0 Å². The quantitative estimate of drug-likeness (QED) is 0.855. The molecule has 0 saturated carbocycles. The summed E-state index contributed by atoms with van der Waals surface area (Å²) in [6.45, 7) is 0.703. The van der Waals surface area contributed by atoms with E-state index in [1.54, 1.807) is 0 Å². The van der Waals surface area contributed by atoms with Gasteiger partial charge in [0.2, 0.25) is 0 Å². The first-order valence-corrected chi connectivity index (χ1v) is 4.36. The molecule has 1 aromatic heterocycles. The molecule has 71 valence electrons. The van der Waals surface area contributed by atoms with Gasteiger partial charge in [-0.15, -0.1) is 6.07 Å². The zero-order valence-electron chi connectivity index (χ0n) is 7.86. The molecule has 0 unspecified atom stereocenters. The number of oxazole rings is 1. The van der Waals surface area contributed by atoms with Crippen molar-refractivity contribution in [1.82, 2.24) is 4.98 Å². The molecule has 0 spiro atoms. The summed E-state index contributed by atoms with van der Waals surface area (Å²) in [7, 11) is 0. The van der Waals surface area contributed by atoms with E-state index in [0.717, 1.165) is 29.5 Å². The van der Waals surface area contributed by atoms with E-state index in [2.05, 4.69) is 11.4 Å². The van der Waals surface area contributed by atoms with Crippen molar-refractivity contribution in [3.8, 4) is 0 Å². The maximum absolute atomic E-state index is 5.44. The van der Waals surface area contributed by atoms with Gasteiger partial charge in [0.25, 0.3) is 0 Å². The molecular weight excluding hydrogens is 253 g/mol. The second-order valence-corrected chi connectivity index (χ2v) is 2.96. The van der Waals surface area contributed by atoms with Gasteiger partial charge in [0.1, 0.15) is 6.39 Å². The van der Waals surface area contributed by atoms with Gasteiger partial charge in [-0.25, -0.2) is 0 Å². The van der Waals surface area contributed by atoms with E-state index in [0.29, 0.717) is 6.54 Å². The van der Waals surface area contributed by atoms with Gasteiger partial charge >= 0.3 is 0 Å². The molecule has 2 N–H and O–H groups in total. The Labute approximate surface area is 108 Å². The van der Waals surface area contributed by atoms with E-state index >= 15 is 0 Å². The number of benzene rings is 1. The number of hydrogen-bond acceptors (Lipinski definition) is 3. The van der Waals surface area contributed by atoms with E-state index in [1.807, 2.05) is 18.2 Å². The Hall–Kier alpha value is -0.246. The molecule has 0 aliphatic carbocycles. The smallest absolute Gasteiger partial charge is 0.103 e. The Balaban J connectivity index is 0.000000980. The number of aryl methyl sites for hydroxylation is 1. The zero-order valence-corrected chi connectivity index (χ0v) is 10.7. The van der Waals surface area contributed by atoms with Gasteiger partial charge < -0.3 is 15.1 Å². The Bertz CT molecular complexity index is 400. The molecule has 0 atom stereocenters. The molecule has 1 heterocycles. The number of rotatable bonds is 3. The fraction of sp³-hybridized carbons (Fsp3) is 0.300. The minimum absolute atomic E-state index is 0. The van der Waals surface area contributed by atoms with Crippen LogP contribution in [0.2, 0.25) is 0 Å². The van der Waals surface area contributed by atoms with Gasteiger partial charge in [0.05, 0.1) is 0 Å². The van der Waals surface area contributed by atoms with Crippen LogP contribution in [0.25, 0.3) is 11.1 Å². The number of fused-ring (bicyclic) bond motifs is 1. The summed E-state index contributed by atoms with van der Waals surface area (Å²) in [5.41, 5.74) is 8.32. The number of nitrogens with zero attached hydrogens (tertiary/aromatic N) is 1. The van der Waals surface area contributed by atoms with Gasteiger partial charge in [0.15, 0.2) is 0 Å². The molecule has 1 radical (unpaired) electrons. The third-order valence-electron chi connectivity index (χ3n) is 2.04. The molecule has 0 fully saturated rings. The van der Waals surface area contributed by atoms with E-state index < -0.39 is 0 Å². The van der Waals surface area contributed by atoms with Crippen LogP contribution in [-0.2, 0) is 39.1 Å². The van der Waals surface area contributed by atoms with Crippen LogP contribution < -0.4 is 5.73 Å². The molecule has 0 amide bonds. The average molecular weight is 264 g/mol. The summed E-state index contributed by atoms with van der Waals surface area (Å²) in [6.07, 6.45) is 4.41. The molecule has 2 rings (SSSR count). The van der Waals surface area contributed by atoms with Crippen LogP contribution in [-0.4, -0.2) is 11.5 Å². The Kier molecular flexibility index (Phi) is 4.72. The SMILES string of the molecule is NCCCc1cccc2n[c-]oc12.[Y]. The van der Waals surface area contributed by atoms with Crippen molar-refractivity contribution in [3.05, 3.63) is 30.2 Å². The number of nitrogens with two attached hydrogens (primary N) is 1. The molecule has 0 aliphatic rings. The summed E-state index contributed by atoms with van der Waals surface area (Å²) in [5.74, 6) is 0. The standard InChI is InChI=1S/C10H11N2O.Y/c11-6-2-4-8-3-1-5-9-10(8)13-7-12-9;/h1,3,5H,2,4,6,11H2;/q-1;. The maximum atomic E-state index is 5.44. The first-order valence-electron chi connectivity index (χ1n) is 4.36. The van der Waals surface area contributed by atoms with E-state index in [4.69, 9.17) is 10.2 Å². The number of para-hydroxylation sites is 1. The van der Waals surface area contributed by atoms with E-state index in [1.165, 1.54) is 0 Å². The second kappa shape index (κ2) is 5.59. The number of hydrogen-bond donors (Lipinski definition) is 1. The van der Waals surface area contributed by atoms with Gasteiger partial charge in [-0.2, -0.15) is 0 Å². The monoisotopic (exact) mass is 264 g/mol. The van der Waals surface area contributed by atoms with Crippen molar-refractivity contribution in [3.63, 3.8) is 0 Å². The molecule has 0 bridgehead atoms. The van der Waals surface area contributed by atoms with E-state index in [-0.39, 0.29) is 32.7 Å². The van der Waals surface area contributed by atoms with Crippen LogP contribution in [0.4, 0.5) is 0 Å². The minimum atomic E-state index is 0. The van der Waals surface area contributed by atoms with Crippen LogP contribution in [0.15, 0.2) is 22.6 Å². The molecule has 4 heteroatoms. The summed E-state index contributed by atoms with van der Waals surface area (Å²) >= 11 is 0. The number of aromatic nitrogens is 1. The summed E-state index contributed by atoms with van der Waals surface area (Å²) < 4.78 is 5.17. The topological polar surface area (TPSA) is 52.0 Å². The first kappa shape index (κ1) is 11.8. The Morgan fingerprint density at radius 1 is 1.43 bits per heavy atom. The van der Waals surface area contributed by atoms with Crippen molar-refractivity contribution in [2.24, 2.45) is 5.73 Å². The van der Waals surface area contributed by atoms with Crippen molar-refractivity contribution in [1.29, 1.82) is 0 Å². The van der Waals surface area contributed by atoms with Gasteiger partial charge in [0, 0.05) is 32.7 Å². The second-order valence-electron chi connectivity index (χ2n) is 2.96. The van der Waals surface area contributed by atoms with E-state index in [9.17, 15) is 0 Å². The van der Waals surface area contributed by atoms with Crippen LogP contribution >= 0.6 is 0 Å². The fourth-order valence-corrected chi connectivity index (χ4v) is 1.38. The maximum Gasteiger partial charge on any atom is 0.103 e. The molecule has 1 aromatic carbocycles. The summed E-state index contributed by atoms with van der Waals surface area (Å²) in [6, 6.07) is 5.93.